The average molecular weight is 316 g/mol. The van der Waals surface area contributed by atoms with Crippen LogP contribution in [0.1, 0.15) is 53.1 Å². The molecule has 2 N–H and O–H groups in total. The zero-order chi connectivity index (χ0) is 16.6. The van der Waals surface area contributed by atoms with E-state index < -0.39 is 0 Å². The van der Waals surface area contributed by atoms with E-state index in [-0.39, 0.29) is 30.5 Å². The van der Waals surface area contributed by atoms with Crippen molar-refractivity contribution in [2.24, 2.45) is 0 Å². The number of nitrogens with one attached hydrogen (secondary N) is 1. The predicted molar refractivity (Wildman–Crippen MR) is 87.3 cm³/mol. The van der Waals surface area contributed by atoms with Gasteiger partial charge in [0.1, 0.15) is 0 Å². The van der Waals surface area contributed by atoms with Gasteiger partial charge in [-0.25, -0.2) is 0 Å². The fraction of sp³-hybridized carbons (Fsp3) is 0.556. The third-order valence-corrected chi connectivity index (χ3v) is 4.66. The number of benzene rings is 1. The zero-order valence-electron chi connectivity index (χ0n) is 13.7. The van der Waals surface area contributed by atoms with Crippen molar-refractivity contribution < 1.29 is 14.7 Å². The largest absolute Gasteiger partial charge is 0.393 e. The molecule has 5 nitrogen and oxygen atoms in total. The monoisotopic (exact) mass is 316 g/mol. The standard InChI is InChI=1S/C18H24N2O3/c1-11-3-6-15(16(7-11)12-4-5-12)18(23)20(2)10-17(22)19-13-8-14(21)9-13/h3,6-7,12-14,21H,4-5,8-10H2,1-2H3,(H,19,22). The minimum atomic E-state index is -0.298. The van der Waals surface area contributed by atoms with Gasteiger partial charge in [0.05, 0.1) is 12.6 Å². The van der Waals surface area contributed by atoms with Crippen molar-refractivity contribution in [2.45, 2.75) is 50.7 Å². The summed E-state index contributed by atoms with van der Waals surface area (Å²) in [5, 5.41) is 12.1. The summed E-state index contributed by atoms with van der Waals surface area (Å²) in [5.74, 6) is 0.223. The van der Waals surface area contributed by atoms with Crippen molar-refractivity contribution in [3.8, 4) is 0 Å². The summed E-state index contributed by atoms with van der Waals surface area (Å²) < 4.78 is 0. The number of aryl methyl sites for hydroxylation is 1. The van der Waals surface area contributed by atoms with Gasteiger partial charge in [0.2, 0.25) is 5.91 Å². The molecular formula is C18H24N2O3. The van der Waals surface area contributed by atoms with E-state index in [4.69, 9.17) is 0 Å². The SMILES string of the molecule is Cc1ccc(C(=O)N(C)CC(=O)NC2CC(O)C2)c(C2CC2)c1. The fourth-order valence-corrected chi connectivity index (χ4v) is 3.08. The average Bonchev–Trinajstić information content (AvgIpc) is 3.29. The van der Waals surface area contributed by atoms with Crippen molar-refractivity contribution in [3.63, 3.8) is 0 Å². The smallest absolute Gasteiger partial charge is 0.254 e. The van der Waals surface area contributed by atoms with E-state index in [1.165, 1.54) is 4.90 Å². The summed E-state index contributed by atoms with van der Waals surface area (Å²) in [4.78, 5) is 26.1. The number of nitrogens with zero attached hydrogens (tertiary/aromatic N) is 1. The summed E-state index contributed by atoms with van der Waals surface area (Å²) in [6.45, 7) is 2.08. The van der Waals surface area contributed by atoms with Crippen LogP contribution in [0.25, 0.3) is 0 Å². The molecule has 2 aliphatic carbocycles. The molecule has 0 atom stereocenters. The number of likely N-dealkylation sites (N-methyl/N-ethyl adjacent to an activating group) is 1. The third kappa shape index (κ3) is 3.72. The predicted octanol–water partition coefficient (Wildman–Crippen LogP) is 1.58. The maximum absolute atomic E-state index is 12.7. The van der Waals surface area contributed by atoms with Crippen molar-refractivity contribution in [1.29, 1.82) is 0 Å². The van der Waals surface area contributed by atoms with E-state index in [0.717, 1.165) is 24.0 Å². The van der Waals surface area contributed by atoms with Crippen LogP contribution in [0.4, 0.5) is 0 Å². The lowest BCUT2D eigenvalue weighted by Crippen LogP contribution is -2.49. The molecule has 2 aliphatic rings. The number of carbonyl (C=O) groups excluding carboxylic acids is 2. The molecule has 2 fully saturated rings. The summed E-state index contributed by atoms with van der Waals surface area (Å²) in [7, 11) is 1.66. The number of aliphatic hydroxyl groups is 1. The van der Waals surface area contributed by atoms with Crippen molar-refractivity contribution in [2.75, 3.05) is 13.6 Å². The molecule has 5 heteroatoms. The highest BCUT2D eigenvalue weighted by Gasteiger charge is 2.31. The van der Waals surface area contributed by atoms with Gasteiger partial charge in [0.25, 0.3) is 5.91 Å². The van der Waals surface area contributed by atoms with E-state index >= 15 is 0 Å². The summed E-state index contributed by atoms with van der Waals surface area (Å²) >= 11 is 0. The first kappa shape index (κ1) is 16.0. The van der Waals surface area contributed by atoms with Gasteiger partial charge in [-0.05, 0) is 50.2 Å². The number of hydrogen-bond donors (Lipinski definition) is 2. The fourth-order valence-electron chi connectivity index (χ4n) is 3.08. The Morgan fingerprint density at radius 1 is 1.30 bits per heavy atom. The Bertz CT molecular complexity index is 619. The highest BCUT2D eigenvalue weighted by atomic mass is 16.3. The molecule has 0 saturated heterocycles. The lowest BCUT2D eigenvalue weighted by molar-refractivity contribution is -0.123. The van der Waals surface area contributed by atoms with Gasteiger partial charge >= 0.3 is 0 Å². The van der Waals surface area contributed by atoms with E-state index in [0.29, 0.717) is 24.3 Å². The van der Waals surface area contributed by atoms with Crippen LogP contribution in [-0.4, -0.2) is 47.6 Å². The van der Waals surface area contributed by atoms with Crippen LogP contribution in [0.3, 0.4) is 0 Å². The van der Waals surface area contributed by atoms with Crippen LogP contribution < -0.4 is 5.32 Å². The Labute approximate surface area is 136 Å². The molecule has 0 spiro atoms. The number of hydrogen-bond acceptors (Lipinski definition) is 3. The van der Waals surface area contributed by atoms with Crippen LogP contribution in [0.5, 0.6) is 0 Å². The minimum Gasteiger partial charge on any atom is -0.393 e. The normalized spacial score (nSPS) is 23.1. The van der Waals surface area contributed by atoms with Gasteiger partial charge < -0.3 is 15.3 Å². The molecule has 0 radical (unpaired) electrons. The Balaban J connectivity index is 1.62. The van der Waals surface area contributed by atoms with Gasteiger partial charge in [0.15, 0.2) is 0 Å². The van der Waals surface area contributed by atoms with Gasteiger partial charge in [-0.1, -0.05) is 17.7 Å². The second-order valence-electron chi connectivity index (χ2n) is 6.92. The summed E-state index contributed by atoms with van der Waals surface area (Å²) in [6.07, 6.45) is 3.18. The van der Waals surface area contributed by atoms with Crippen molar-refractivity contribution >= 4 is 11.8 Å². The second-order valence-corrected chi connectivity index (χ2v) is 6.92. The molecule has 0 heterocycles. The topological polar surface area (TPSA) is 69.6 Å². The van der Waals surface area contributed by atoms with Crippen LogP contribution in [-0.2, 0) is 4.79 Å². The Kier molecular flexibility index (Phi) is 4.39. The molecule has 1 aromatic carbocycles. The molecule has 3 rings (SSSR count). The first-order valence-corrected chi connectivity index (χ1v) is 8.27. The highest BCUT2D eigenvalue weighted by molar-refractivity contribution is 5.98. The maximum atomic E-state index is 12.7. The van der Waals surface area contributed by atoms with Crippen LogP contribution in [0.2, 0.25) is 0 Å². The van der Waals surface area contributed by atoms with E-state index in [9.17, 15) is 14.7 Å². The quantitative estimate of drug-likeness (QED) is 0.866. The van der Waals surface area contributed by atoms with Crippen LogP contribution in [0.15, 0.2) is 18.2 Å². The number of aliphatic hydroxyl groups excluding tert-OH is 1. The van der Waals surface area contributed by atoms with Gasteiger partial charge in [0, 0.05) is 18.7 Å². The molecule has 2 saturated carbocycles. The molecule has 0 aromatic heterocycles. The van der Waals surface area contributed by atoms with Gasteiger partial charge in [-0.15, -0.1) is 0 Å². The minimum absolute atomic E-state index is 0.0439. The summed E-state index contributed by atoms with van der Waals surface area (Å²) in [5.41, 5.74) is 2.99. The van der Waals surface area contributed by atoms with E-state index in [1.54, 1.807) is 7.05 Å². The molecule has 23 heavy (non-hydrogen) atoms. The van der Waals surface area contributed by atoms with Crippen molar-refractivity contribution in [3.05, 3.63) is 34.9 Å². The number of carbonyl (C=O) groups is 2. The van der Waals surface area contributed by atoms with Gasteiger partial charge in [-0.3, -0.25) is 9.59 Å². The number of rotatable bonds is 5. The first-order chi connectivity index (χ1) is 10.9. The maximum Gasteiger partial charge on any atom is 0.254 e. The molecule has 2 amide bonds. The van der Waals surface area contributed by atoms with E-state index in [2.05, 4.69) is 11.4 Å². The highest BCUT2D eigenvalue weighted by Crippen LogP contribution is 2.42. The van der Waals surface area contributed by atoms with Crippen LogP contribution in [0, 0.1) is 6.92 Å². The molecule has 0 unspecified atom stereocenters. The Hall–Kier alpha value is -1.88. The molecule has 1 aromatic rings. The van der Waals surface area contributed by atoms with E-state index in [1.807, 2.05) is 19.1 Å². The first-order valence-electron chi connectivity index (χ1n) is 8.27. The zero-order valence-corrected chi connectivity index (χ0v) is 13.7. The molecule has 0 bridgehead atoms. The van der Waals surface area contributed by atoms with Crippen LogP contribution >= 0.6 is 0 Å². The molecule has 0 aliphatic heterocycles. The number of amides is 2. The van der Waals surface area contributed by atoms with Gasteiger partial charge in [-0.2, -0.15) is 0 Å². The lowest BCUT2D eigenvalue weighted by atomic mass is 9.89. The Morgan fingerprint density at radius 3 is 2.61 bits per heavy atom. The lowest BCUT2D eigenvalue weighted by Gasteiger charge is -2.32. The molecule has 124 valence electrons. The second kappa shape index (κ2) is 6.32. The van der Waals surface area contributed by atoms with Crippen molar-refractivity contribution in [1.82, 2.24) is 10.2 Å². The third-order valence-electron chi connectivity index (χ3n) is 4.66. The summed E-state index contributed by atoms with van der Waals surface area (Å²) in [6, 6.07) is 5.96. The molecular weight excluding hydrogens is 292 g/mol. The Morgan fingerprint density at radius 2 is 2.00 bits per heavy atom.